The van der Waals surface area contributed by atoms with Gasteiger partial charge in [-0.05, 0) is 64.2 Å². The number of rotatable bonds is 5. The van der Waals surface area contributed by atoms with Crippen LogP contribution in [0.5, 0.6) is 0 Å². The standard InChI is InChI=1S/C21H29FN4O3/c1-20(2)18(29)26(4)19(23)25-21(20,3)15-11-14(7-8-16(15)22)24-13-6-5-12(9-13)10-17(27)28/h7-8,11-13,24H,5-6,9-10H2,1-4H3,(H2,23,25)(H,27,28). The van der Waals surface area contributed by atoms with E-state index in [1.807, 2.05) is 0 Å². The summed E-state index contributed by atoms with van der Waals surface area (Å²) in [6.45, 7) is 5.22. The molecule has 3 unspecified atom stereocenters. The number of carboxylic acid groups (broad SMARTS) is 1. The third-order valence-corrected chi connectivity index (χ3v) is 6.60. The maximum absolute atomic E-state index is 14.9. The minimum atomic E-state index is -1.16. The van der Waals surface area contributed by atoms with E-state index in [0.29, 0.717) is 5.56 Å². The Labute approximate surface area is 170 Å². The summed E-state index contributed by atoms with van der Waals surface area (Å²) >= 11 is 0. The van der Waals surface area contributed by atoms with Crippen molar-refractivity contribution in [1.82, 2.24) is 4.90 Å². The number of aliphatic carboxylic acids is 1. The molecule has 0 radical (unpaired) electrons. The molecule has 3 atom stereocenters. The molecule has 1 aliphatic heterocycles. The van der Waals surface area contributed by atoms with Crippen LogP contribution < -0.4 is 11.1 Å². The summed E-state index contributed by atoms with van der Waals surface area (Å²) < 4.78 is 14.9. The van der Waals surface area contributed by atoms with Crippen LogP contribution in [0.1, 0.15) is 52.0 Å². The molecule has 4 N–H and O–H groups in total. The second-order valence-corrected chi connectivity index (χ2v) is 8.84. The molecule has 29 heavy (non-hydrogen) atoms. The van der Waals surface area contributed by atoms with Gasteiger partial charge in [-0.25, -0.2) is 9.38 Å². The third kappa shape index (κ3) is 3.68. The number of carbonyl (C=O) groups excluding carboxylic acids is 1. The SMILES string of the molecule is CN1C(=O)C(C)(C)C(C)(c2cc(NC3CCC(CC(=O)O)C3)ccc2F)N=C1N. The van der Waals surface area contributed by atoms with E-state index >= 15 is 0 Å². The van der Waals surface area contributed by atoms with Gasteiger partial charge in [0.2, 0.25) is 5.91 Å². The van der Waals surface area contributed by atoms with E-state index in [4.69, 9.17) is 10.8 Å². The number of halogens is 1. The van der Waals surface area contributed by atoms with Crippen molar-refractivity contribution < 1.29 is 19.1 Å². The molecule has 3 rings (SSSR count). The second kappa shape index (κ2) is 7.31. The Morgan fingerprint density at radius 3 is 2.72 bits per heavy atom. The van der Waals surface area contributed by atoms with Gasteiger partial charge in [0, 0.05) is 30.8 Å². The topological polar surface area (TPSA) is 108 Å². The molecule has 0 aromatic heterocycles. The Bertz CT molecular complexity index is 869. The average molecular weight is 404 g/mol. The number of anilines is 1. The van der Waals surface area contributed by atoms with Gasteiger partial charge in [-0.2, -0.15) is 0 Å². The summed E-state index contributed by atoms with van der Waals surface area (Å²) in [6, 6.07) is 4.85. The van der Waals surface area contributed by atoms with Gasteiger partial charge in [0.1, 0.15) is 11.4 Å². The lowest BCUT2D eigenvalue weighted by Gasteiger charge is -2.46. The van der Waals surface area contributed by atoms with Crippen molar-refractivity contribution >= 4 is 23.5 Å². The molecule has 1 fully saturated rings. The van der Waals surface area contributed by atoms with E-state index in [1.54, 1.807) is 40.0 Å². The number of hydrogen-bond donors (Lipinski definition) is 3. The van der Waals surface area contributed by atoms with E-state index in [9.17, 15) is 14.0 Å². The Kier molecular flexibility index (Phi) is 5.32. The molecule has 1 saturated carbocycles. The zero-order valence-corrected chi connectivity index (χ0v) is 17.3. The number of hydrogen-bond acceptors (Lipinski definition) is 5. The average Bonchev–Trinajstić information content (AvgIpc) is 3.06. The zero-order chi connectivity index (χ0) is 21.6. The van der Waals surface area contributed by atoms with Gasteiger partial charge >= 0.3 is 5.97 Å². The molecule has 8 heteroatoms. The molecule has 158 valence electrons. The fourth-order valence-electron chi connectivity index (χ4n) is 4.43. The van der Waals surface area contributed by atoms with Crippen LogP contribution in [0.3, 0.4) is 0 Å². The van der Waals surface area contributed by atoms with Gasteiger partial charge < -0.3 is 16.2 Å². The van der Waals surface area contributed by atoms with Crippen LogP contribution >= 0.6 is 0 Å². The molecule has 7 nitrogen and oxygen atoms in total. The predicted octanol–water partition coefficient (Wildman–Crippen LogP) is 2.91. The van der Waals surface area contributed by atoms with Gasteiger partial charge in [0.25, 0.3) is 0 Å². The molecule has 0 bridgehead atoms. The summed E-state index contributed by atoms with van der Waals surface area (Å²) in [5, 5.41) is 12.4. The highest BCUT2D eigenvalue weighted by Crippen LogP contribution is 2.47. The smallest absolute Gasteiger partial charge is 0.303 e. The molecule has 2 aliphatic rings. The molecule has 0 saturated heterocycles. The van der Waals surface area contributed by atoms with Crippen molar-refractivity contribution in [3.8, 4) is 0 Å². The number of benzene rings is 1. The first-order valence-electron chi connectivity index (χ1n) is 9.87. The van der Waals surface area contributed by atoms with Crippen molar-refractivity contribution in [2.75, 3.05) is 12.4 Å². The Morgan fingerprint density at radius 2 is 2.07 bits per heavy atom. The lowest BCUT2D eigenvalue weighted by molar-refractivity contribution is -0.140. The Morgan fingerprint density at radius 1 is 1.38 bits per heavy atom. The number of amides is 1. The molecule has 0 spiro atoms. The van der Waals surface area contributed by atoms with Crippen molar-refractivity contribution in [1.29, 1.82) is 0 Å². The van der Waals surface area contributed by atoms with Crippen molar-refractivity contribution in [3.63, 3.8) is 0 Å². The van der Waals surface area contributed by atoms with Gasteiger partial charge in [-0.1, -0.05) is 0 Å². The van der Waals surface area contributed by atoms with Crippen LogP contribution in [0.4, 0.5) is 10.1 Å². The first-order chi connectivity index (χ1) is 13.5. The number of aliphatic imine (C=N–C) groups is 1. The molecular formula is C21H29FN4O3. The first-order valence-corrected chi connectivity index (χ1v) is 9.87. The molecule has 1 aromatic carbocycles. The molecular weight excluding hydrogens is 375 g/mol. The summed E-state index contributed by atoms with van der Waals surface area (Å²) in [7, 11) is 1.56. The monoisotopic (exact) mass is 404 g/mol. The van der Waals surface area contributed by atoms with E-state index in [2.05, 4.69) is 10.3 Å². The fourth-order valence-corrected chi connectivity index (χ4v) is 4.43. The Balaban J connectivity index is 1.90. The van der Waals surface area contributed by atoms with Gasteiger partial charge in [0.05, 0.1) is 5.41 Å². The minimum Gasteiger partial charge on any atom is -0.481 e. The lowest BCUT2D eigenvalue weighted by Crippen LogP contribution is -2.58. The minimum absolute atomic E-state index is 0.0573. The van der Waals surface area contributed by atoms with Crippen LogP contribution in [-0.4, -0.2) is 40.9 Å². The van der Waals surface area contributed by atoms with Crippen molar-refractivity contribution in [2.24, 2.45) is 22.1 Å². The van der Waals surface area contributed by atoms with Crippen LogP contribution in [0, 0.1) is 17.2 Å². The van der Waals surface area contributed by atoms with E-state index < -0.39 is 22.7 Å². The number of nitrogens with one attached hydrogen (secondary N) is 1. The van der Waals surface area contributed by atoms with Crippen LogP contribution in [-0.2, 0) is 15.1 Å². The number of nitrogens with zero attached hydrogens (tertiary/aromatic N) is 2. The van der Waals surface area contributed by atoms with E-state index in [1.165, 1.54) is 11.0 Å². The normalized spacial score (nSPS) is 28.9. The van der Waals surface area contributed by atoms with Crippen LogP contribution in [0.25, 0.3) is 0 Å². The highest BCUT2D eigenvalue weighted by molar-refractivity contribution is 6.01. The number of guanidine groups is 1. The maximum Gasteiger partial charge on any atom is 0.303 e. The molecule has 1 heterocycles. The highest BCUT2D eigenvalue weighted by Gasteiger charge is 2.53. The number of nitrogens with two attached hydrogens (primary N) is 1. The molecule has 1 aliphatic carbocycles. The van der Waals surface area contributed by atoms with Gasteiger partial charge in [0.15, 0.2) is 5.96 Å². The number of carbonyl (C=O) groups is 2. The van der Waals surface area contributed by atoms with E-state index in [0.717, 1.165) is 24.9 Å². The largest absolute Gasteiger partial charge is 0.481 e. The van der Waals surface area contributed by atoms with Crippen molar-refractivity contribution in [3.05, 3.63) is 29.6 Å². The van der Waals surface area contributed by atoms with E-state index in [-0.39, 0.29) is 30.2 Å². The quantitative estimate of drug-likeness (QED) is 0.699. The molecule has 1 aromatic rings. The summed E-state index contributed by atoms with van der Waals surface area (Å²) in [5.74, 6) is -1.25. The fraction of sp³-hybridized carbons (Fsp3) is 0.571. The van der Waals surface area contributed by atoms with Gasteiger partial charge in [-0.3, -0.25) is 14.5 Å². The second-order valence-electron chi connectivity index (χ2n) is 8.84. The van der Waals surface area contributed by atoms with Crippen LogP contribution in [0.2, 0.25) is 0 Å². The Hall–Kier alpha value is -2.64. The maximum atomic E-state index is 14.9. The molecule has 1 amide bonds. The predicted molar refractivity (Wildman–Crippen MR) is 109 cm³/mol. The van der Waals surface area contributed by atoms with Crippen molar-refractivity contribution in [2.45, 2.75) is 58.0 Å². The number of carboxylic acids is 1. The van der Waals surface area contributed by atoms with Gasteiger partial charge in [-0.15, -0.1) is 0 Å². The first kappa shape index (κ1) is 21.1. The zero-order valence-electron chi connectivity index (χ0n) is 17.3. The summed E-state index contributed by atoms with van der Waals surface area (Å²) in [5.41, 5.74) is 4.81. The summed E-state index contributed by atoms with van der Waals surface area (Å²) in [6.07, 6.45) is 2.64. The summed E-state index contributed by atoms with van der Waals surface area (Å²) in [4.78, 5) is 29.6. The van der Waals surface area contributed by atoms with Crippen LogP contribution in [0.15, 0.2) is 23.2 Å². The third-order valence-electron chi connectivity index (χ3n) is 6.60. The lowest BCUT2D eigenvalue weighted by atomic mass is 9.67. The highest BCUT2D eigenvalue weighted by atomic mass is 19.1.